The highest BCUT2D eigenvalue weighted by molar-refractivity contribution is 5.38. The van der Waals surface area contributed by atoms with Gasteiger partial charge in [-0.1, -0.05) is 48.4 Å². The SMILES string of the molecule is C#CC=CCC1(c2ccccc2)C=CC(OC)=CC1. The maximum absolute atomic E-state index is 5.28. The Morgan fingerprint density at radius 3 is 2.74 bits per heavy atom. The molecule has 1 nitrogen and oxygen atoms in total. The number of rotatable bonds is 4. The quantitative estimate of drug-likeness (QED) is 0.734. The summed E-state index contributed by atoms with van der Waals surface area (Å²) in [6, 6.07) is 10.5. The lowest BCUT2D eigenvalue weighted by Gasteiger charge is -2.31. The summed E-state index contributed by atoms with van der Waals surface area (Å²) in [6.07, 6.45) is 17.3. The average molecular weight is 250 g/mol. The van der Waals surface area contributed by atoms with E-state index in [2.05, 4.69) is 48.4 Å². The number of ether oxygens (including phenoxy) is 1. The van der Waals surface area contributed by atoms with Crippen LogP contribution in [0.4, 0.5) is 0 Å². The second-order valence-electron chi connectivity index (χ2n) is 4.64. The molecule has 0 saturated heterocycles. The molecule has 0 spiro atoms. The average Bonchev–Trinajstić information content (AvgIpc) is 2.49. The van der Waals surface area contributed by atoms with Crippen LogP contribution < -0.4 is 0 Å². The largest absolute Gasteiger partial charge is 0.497 e. The van der Waals surface area contributed by atoms with E-state index in [-0.39, 0.29) is 5.41 Å². The van der Waals surface area contributed by atoms with Crippen molar-refractivity contribution in [3.63, 3.8) is 0 Å². The van der Waals surface area contributed by atoms with Gasteiger partial charge in [0.25, 0.3) is 0 Å². The van der Waals surface area contributed by atoms with Crippen LogP contribution in [0.2, 0.25) is 0 Å². The van der Waals surface area contributed by atoms with E-state index >= 15 is 0 Å². The molecule has 1 aromatic rings. The normalized spacial score (nSPS) is 22.0. The molecule has 1 aliphatic rings. The number of allylic oxidation sites excluding steroid dienone is 5. The van der Waals surface area contributed by atoms with Gasteiger partial charge >= 0.3 is 0 Å². The van der Waals surface area contributed by atoms with Crippen LogP contribution in [0, 0.1) is 12.3 Å². The molecule has 0 N–H and O–H groups in total. The fourth-order valence-electron chi connectivity index (χ4n) is 2.40. The molecule has 0 aromatic heterocycles. The maximum Gasteiger partial charge on any atom is 0.114 e. The minimum absolute atomic E-state index is 0.0172. The van der Waals surface area contributed by atoms with Gasteiger partial charge in [0.2, 0.25) is 0 Å². The predicted octanol–water partition coefficient (Wildman–Crippen LogP) is 3.99. The van der Waals surface area contributed by atoms with E-state index < -0.39 is 0 Å². The smallest absolute Gasteiger partial charge is 0.114 e. The summed E-state index contributed by atoms with van der Waals surface area (Å²) in [5.41, 5.74) is 1.29. The highest BCUT2D eigenvalue weighted by Crippen LogP contribution is 2.37. The summed E-state index contributed by atoms with van der Waals surface area (Å²) < 4.78 is 5.27. The molecule has 0 radical (unpaired) electrons. The van der Waals surface area contributed by atoms with Crippen LogP contribution in [0.1, 0.15) is 18.4 Å². The molecular weight excluding hydrogens is 232 g/mol. The highest BCUT2D eigenvalue weighted by atomic mass is 16.5. The van der Waals surface area contributed by atoms with Gasteiger partial charge in [0.1, 0.15) is 5.76 Å². The predicted molar refractivity (Wildman–Crippen MR) is 79.6 cm³/mol. The Labute approximate surface area is 115 Å². The third-order valence-corrected chi connectivity index (χ3v) is 3.51. The number of methoxy groups -OCH3 is 1. The minimum Gasteiger partial charge on any atom is -0.497 e. The summed E-state index contributed by atoms with van der Waals surface area (Å²) in [6.45, 7) is 0. The van der Waals surface area contributed by atoms with Gasteiger partial charge in [-0.25, -0.2) is 0 Å². The van der Waals surface area contributed by atoms with Gasteiger partial charge in [0.05, 0.1) is 7.11 Å². The second-order valence-corrected chi connectivity index (χ2v) is 4.64. The van der Waals surface area contributed by atoms with E-state index in [1.807, 2.05) is 12.1 Å². The zero-order valence-corrected chi connectivity index (χ0v) is 11.2. The Hall–Kier alpha value is -2.20. The first-order valence-corrected chi connectivity index (χ1v) is 6.41. The molecule has 0 saturated carbocycles. The van der Waals surface area contributed by atoms with Gasteiger partial charge in [0.15, 0.2) is 0 Å². The molecule has 96 valence electrons. The van der Waals surface area contributed by atoms with Gasteiger partial charge in [-0.3, -0.25) is 0 Å². The molecular formula is C18H18O. The van der Waals surface area contributed by atoms with Crippen molar-refractivity contribution in [1.82, 2.24) is 0 Å². The van der Waals surface area contributed by atoms with Crippen molar-refractivity contribution < 1.29 is 4.74 Å². The Kier molecular flexibility index (Phi) is 4.26. The third-order valence-electron chi connectivity index (χ3n) is 3.51. The molecule has 19 heavy (non-hydrogen) atoms. The summed E-state index contributed by atoms with van der Waals surface area (Å²) in [4.78, 5) is 0. The van der Waals surface area contributed by atoms with E-state index in [9.17, 15) is 0 Å². The second kappa shape index (κ2) is 6.11. The topological polar surface area (TPSA) is 9.23 Å². The molecule has 0 heterocycles. The zero-order chi connectivity index (χ0) is 13.6. The van der Waals surface area contributed by atoms with Crippen LogP contribution in [0.25, 0.3) is 0 Å². The zero-order valence-electron chi connectivity index (χ0n) is 11.2. The van der Waals surface area contributed by atoms with Gasteiger partial charge < -0.3 is 4.74 Å². The van der Waals surface area contributed by atoms with Crippen molar-refractivity contribution in [3.8, 4) is 12.3 Å². The summed E-state index contributed by atoms with van der Waals surface area (Å²) >= 11 is 0. The maximum atomic E-state index is 5.28. The lowest BCUT2D eigenvalue weighted by atomic mass is 9.73. The van der Waals surface area contributed by atoms with E-state index in [0.717, 1.165) is 18.6 Å². The molecule has 1 unspecified atom stereocenters. The van der Waals surface area contributed by atoms with Crippen LogP contribution in [-0.2, 0) is 10.2 Å². The first-order chi connectivity index (χ1) is 9.30. The number of hydrogen-bond acceptors (Lipinski definition) is 1. The van der Waals surface area contributed by atoms with Gasteiger partial charge in [0, 0.05) is 5.41 Å². The Bertz CT molecular complexity index is 543. The van der Waals surface area contributed by atoms with E-state index in [4.69, 9.17) is 11.2 Å². The number of terminal acetylenes is 1. The fourth-order valence-corrected chi connectivity index (χ4v) is 2.40. The first-order valence-electron chi connectivity index (χ1n) is 6.41. The summed E-state index contributed by atoms with van der Waals surface area (Å²) in [5, 5.41) is 0. The van der Waals surface area contributed by atoms with E-state index in [1.54, 1.807) is 13.2 Å². The van der Waals surface area contributed by atoms with Gasteiger partial charge in [-0.15, -0.1) is 6.42 Å². The van der Waals surface area contributed by atoms with Gasteiger partial charge in [-0.2, -0.15) is 0 Å². The van der Waals surface area contributed by atoms with Crippen LogP contribution in [-0.4, -0.2) is 7.11 Å². The molecule has 2 rings (SSSR count). The van der Waals surface area contributed by atoms with E-state index in [1.165, 1.54) is 5.56 Å². The molecule has 0 fully saturated rings. The Balaban J connectivity index is 2.31. The lowest BCUT2D eigenvalue weighted by molar-refractivity contribution is 0.299. The summed E-state index contributed by atoms with van der Waals surface area (Å²) in [5.74, 6) is 3.47. The molecule has 0 bridgehead atoms. The van der Waals surface area contributed by atoms with E-state index in [0.29, 0.717) is 0 Å². The van der Waals surface area contributed by atoms with Crippen LogP contribution in [0.5, 0.6) is 0 Å². The van der Waals surface area contributed by atoms with Crippen molar-refractivity contribution in [1.29, 1.82) is 0 Å². The monoisotopic (exact) mass is 250 g/mol. The van der Waals surface area contributed by atoms with Crippen LogP contribution >= 0.6 is 0 Å². The molecule has 0 amide bonds. The Morgan fingerprint density at radius 1 is 1.37 bits per heavy atom. The molecule has 1 aliphatic carbocycles. The van der Waals surface area contributed by atoms with Crippen molar-refractivity contribution in [2.45, 2.75) is 18.3 Å². The molecule has 1 atom stereocenters. The lowest BCUT2D eigenvalue weighted by Crippen LogP contribution is -2.24. The minimum atomic E-state index is -0.0172. The van der Waals surface area contributed by atoms with Crippen molar-refractivity contribution in [2.75, 3.05) is 7.11 Å². The molecule has 1 aromatic carbocycles. The van der Waals surface area contributed by atoms with Crippen LogP contribution in [0.15, 0.2) is 66.5 Å². The molecule has 1 heteroatoms. The molecule has 0 aliphatic heterocycles. The number of benzene rings is 1. The Morgan fingerprint density at radius 2 is 2.16 bits per heavy atom. The van der Waals surface area contributed by atoms with Crippen molar-refractivity contribution >= 4 is 0 Å². The van der Waals surface area contributed by atoms with Crippen LogP contribution in [0.3, 0.4) is 0 Å². The van der Waals surface area contributed by atoms with Crippen molar-refractivity contribution in [2.24, 2.45) is 0 Å². The standard InChI is InChI=1S/C18H18O/c1-3-4-8-13-18(16-9-6-5-7-10-16)14-11-17(19-2)12-15-18/h1,4-12,14H,13,15H2,2H3. The third kappa shape index (κ3) is 2.98. The fraction of sp³-hybridized carbons (Fsp3) is 0.222. The van der Waals surface area contributed by atoms with Crippen molar-refractivity contribution in [3.05, 3.63) is 72.0 Å². The first kappa shape index (κ1) is 13.2. The summed E-state index contributed by atoms with van der Waals surface area (Å²) in [7, 11) is 1.70. The number of hydrogen-bond donors (Lipinski definition) is 0. The van der Waals surface area contributed by atoms with Gasteiger partial charge in [-0.05, 0) is 36.6 Å². The highest BCUT2D eigenvalue weighted by Gasteiger charge is 2.29.